The average Bonchev–Trinajstić information content (AvgIpc) is 3.10. The largest absolute Gasteiger partial charge is 0.478 e. The quantitative estimate of drug-likeness (QED) is 0.337. The number of carbonyl (C=O) groups excluding carboxylic acids is 1. The first kappa shape index (κ1) is 25.7. The molecule has 5 nitrogen and oxygen atoms in total. The predicted octanol–water partition coefficient (Wildman–Crippen LogP) is 6.45. The Kier molecular flexibility index (Phi) is 6.34. The number of hydrogen-bond donors (Lipinski definition) is 3. The van der Waals surface area contributed by atoms with Gasteiger partial charge >= 0.3 is 12.1 Å². The van der Waals surface area contributed by atoms with Gasteiger partial charge in [-0.3, -0.25) is 4.79 Å². The molecule has 188 valence electrons. The van der Waals surface area contributed by atoms with Gasteiger partial charge in [0.25, 0.3) is 0 Å². The van der Waals surface area contributed by atoms with Crippen LogP contribution in [0.15, 0.2) is 54.6 Å². The van der Waals surface area contributed by atoms with Crippen molar-refractivity contribution in [3.63, 3.8) is 0 Å². The number of fused-ring (bicyclic) bond motifs is 1. The fraction of sp³-hybridized carbons (Fsp3) is 0.231. The second-order valence-corrected chi connectivity index (χ2v) is 9.14. The molecule has 3 N–H and O–H groups in total. The maximum Gasteiger partial charge on any atom is 0.422 e. The van der Waals surface area contributed by atoms with Crippen LogP contribution in [0.5, 0.6) is 0 Å². The molecule has 3 atom stereocenters. The number of nitrogens with one attached hydrogen (secondary N) is 1. The summed E-state index contributed by atoms with van der Waals surface area (Å²) in [6.45, 7) is 2.75. The summed E-state index contributed by atoms with van der Waals surface area (Å²) in [5, 5.41) is 22.8. The van der Waals surface area contributed by atoms with E-state index in [1.54, 1.807) is 6.92 Å². The van der Waals surface area contributed by atoms with Crippen molar-refractivity contribution in [2.45, 2.75) is 37.5 Å². The number of rotatable bonds is 5. The molecule has 1 heterocycles. The maximum absolute atomic E-state index is 14.4. The molecule has 1 aliphatic rings. The van der Waals surface area contributed by atoms with Crippen LogP contribution in [0.4, 0.5) is 23.2 Å². The molecule has 0 bridgehead atoms. The Bertz CT molecular complexity index is 1390. The van der Waals surface area contributed by atoms with Crippen molar-refractivity contribution in [2.24, 2.45) is 0 Å². The molecule has 0 aromatic heterocycles. The SMILES string of the molecule is CC1C(=O)Nc2ccc(C(O)(C(C)c3ccc(-c4ccc(F)c(C(=O)O)c4)cc3Cl)C(F)(F)F)cc21. The monoisotopic (exact) mass is 521 g/mol. The van der Waals surface area contributed by atoms with Gasteiger partial charge in [0.2, 0.25) is 5.91 Å². The van der Waals surface area contributed by atoms with Crippen molar-refractivity contribution in [3.8, 4) is 11.1 Å². The molecule has 0 fully saturated rings. The van der Waals surface area contributed by atoms with Crippen molar-refractivity contribution in [2.75, 3.05) is 5.32 Å². The molecule has 0 saturated heterocycles. The van der Waals surface area contributed by atoms with Crippen LogP contribution in [0, 0.1) is 5.82 Å². The lowest BCUT2D eigenvalue weighted by molar-refractivity contribution is -0.274. The summed E-state index contributed by atoms with van der Waals surface area (Å²) in [6, 6.07) is 11.1. The highest BCUT2D eigenvalue weighted by molar-refractivity contribution is 6.31. The van der Waals surface area contributed by atoms with Crippen LogP contribution in [0.1, 0.15) is 52.7 Å². The second kappa shape index (κ2) is 8.90. The van der Waals surface area contributed by atoms with Crippen molar-refractivity contribution < 1.29 is 37.4 Å². The first-order chi connectivity index (χ1) is 16.8. The summed E-state index contributed by atoms with van der Waals surface area (Å²) in [7, 11) is 0. The third-order valence-electron chi connectivity index (χ3n) is 6.67. The third-order valence-corrected chi connectivity index (χ3v) is 6.99. The summed E-state index contributed by atoms with van der Waals surface area (Å²) in [5.74, 6) is -5.00. The van der Waals surface area contributed by atoms with E-state index in [0.29, 0.717) is 22.4 Å². The van der Waals surface area contributed by atoms with Gasteiger partial charge in [-0.25, -0.2) is 9.18 Å². The number of carboxylic acid groups (broad SMARTS) is 1. The molecule has 36 heavy (non-hydrogen) atoms. The highest BCUT2D eigenvalue weighted by Gasteiger charge is 2.59. The molecular formula is C26H20ClF4NO4. The summed E-state index contributed by atoms with van der Waals surface area (Å²) in [5.41, 5.74) is -2.97. The molecule has 0 aliphatic carbocycles. The lowest BCUT2D eigenvalue weighted by Gasteiger charge is -2.37. The van der Waals surface area contributed by atoms with Crippen molar-refractivity contribution in [3.05, 3.63) is 87.7 Å². The summed E-state index contributed by atoms with van der Waals surface area (Å²) in [4.78, 5) is 23.2. The lowest BCUT2D eigenvalue weighted by atomic mass is 9.76. The smallest absolute Gasteiger partial charge is 0.422 e. The molecule has 3 unspecified atom stereocenters. The standard InChI is InChI=1S/C26H20ClF4NO4/c1-12-18-11-16(5-8-22(18)32-23(12)33)25(36,26(29,30)31)13(2)17-6-3-15(10-20(17)27)14-4-7-21(28)19(9-14)24(34)35/h3-13,36H,1-2H3,(H,32,33)(H,34,35). The first-order valence-corrected chi connectivity index (χ1v) is 11.2. The number of aliphatic hydroxyl groups is 1. The minimum absolute atomic E-state index is 0.0106. The average molecular weight is 522 g/mol. The number of alkyl halides is 3. The minimum atomic E-state index is -5.10. The number of hydrogen-bond acceptors (Lipinski definition) is 3. The molecule has 0 radical (unpaired) electrons. The minimum Gasteiger partial charge on any atom is -0.478 e. The third kappa shape index (κ3) is 4.12. The Hall–Kier alpha value is -3.43. The summed E-state index contributed by atoms with van der Waals surface area (Å²) in [6.07, 6.45) is -5.10. The number of carboxylic acids is 1. The van der Waals surface area contributed by atoms with Crippen LogP contribution in [0.2, 0.25) is 5.02 Å². The van der Waals surface area contributed by atoms with Gasteiger partial charge in [-0.15, -0.1) is 0 Å². The van der Waals surface area contributed by atoms with Crippen molar-refractivity contribution >= 4 is 29.2 Å². The van der Waals surface area contributed by atoms with Crippen molar-refractivity contribution in [1.29, 1.82) is 0 Å². The van der Waals surface area contributed by atoms with Gasteiger partial charge < -0.3 is 15.5 Å². The maximum atomic E-state index is 14.4. The molecule has 1 amide bonds. The topological polar surface area (TPSA) is 86.6 Å². The molecule has 4 rings (SSSR count). The van der Waals surface area contributed by atoms with Crippen LogP contribution in [0.3, 0.4) is 0 Å². The van der Waals surface area contributed by atoms with E-state index >= 15 is 0 Å². The number of amides is 1. The Morgan fingerprint density at radius 1 is 1.06 bits per heavy atom. The van der Waals surface area contributed by atoms with E-state index in [0.717, 1.165) is 18.2 Å². The Morgan fingerprint density at radius 3 is 2.31 bits per heavy atom. The zero-order chi connectivity index (χ0) is 26.6. The lowest BCUT2D eigenvalue weighted by Crippen LogP contribution is -2.46. The van der Waals surface area contributed by atoms with E-state index in [1.165, 1.54) is 43.3 Å². The number of anilines is 1. The first-order valence-electron chi connectivity index (χ1n) is 10.8. The molecule has 3 aromatic carbocycles. The van der Waals surface area contributed by atoms with Crippen LogP contribution in [-0.2, 0) is 10.4 Å². The number of benzene rings is 3. The second-order valence-electron chi connectivity index (χ2n) is 8.73. The van der Waals surface area contributed by atoms with E-state index in [4.69, 9.17) is 16.7 Å². The van der Waals surface area contributed by atoms with Gasteiger partial charge in [0.05, 0.1) is 11.5 Å². The highest BCUT2D eigenvalue weighted by atomic mass is 35.5. The Labute approximate surface area is 208 Å². The van der Waals surface area contributed by atoms with Crippen LogP contribution >= 0.6 is 11.6 Å². The van der Waals surface area contributed by atoms with Gasteiger partial charge in [0, 0.05) is 16.6 Å². The van der Waals surface area contributed by atoms with Gasteiger partial charge in [-0.05, 0) is 65.1 Å². The zero-order valence-corrected chi connectivity index (χ0v) is 19.7. The fourth-order valence-corrected chi connectivity index (χ4v) is 4.81. The summed E-state index contributed by atoms with van der Waals surface area (Å²) < 4.78 is 57.0. The Morgan fingerprint density at radius 2 is 1.69 bits per heavy atom. The number of halogens is 5. The van der Waals surface area contributed by atoms with E-state index in [9.17, 15) is 32.3 Å². The van der Waals surface area contributed by atoms with Crippen LogP contribution < -0.4 is 5.32 Å². The normalized spacial score (nSPS) is 17.8. The number of aromatic carboxylic acids is 1. The predicted molar refractivity (Wildman–Crippen MR) is 126 cm³/mol. The van der Waals surface area contributed by atoms with E-state index in [1.807, 2.05) is 0 Å². The highest BCUT2D eigenvalue weighted by Crippen LogP contribution is 2.51. The fourth-order valence-electron chi connectivity index (χ4n) is 4.46. The van der Waals surface area contributed by atoms with E-state index in [2.05, 4.69) is 5.32 Å². The Balaban J connectivity index is 1.77. The van der Waals surface area contributed by atoms with Gasteiger partial charge in [0.15, 0.2) is 5.60 Å². The molecule has 3 aromatic rings. The molecule has 0 spiro atoms. The molecular weight excluding hydrogens is 502 g/mol. The van der Waals surface area contributed by atoms with Crippen LogP contribution in [0.25, 0.3) is 11.1 Å². The molecule has 0 saturated carbocycles. The summed E-state index contributed by atoms with van der Waals surface area (Å²) >= 11 is 6.36. The van der Waals surface area contributed by atoms with Crippen molar-refractivity contribution in [1.82, 2.24) is 0 Å². The zero-order valence-electron chi connectivity index (χ0n) is 19.0. The van der Waals surface area contributed by atoms with E-state index in [-0.39, 0.29) is 16.5 Å². The molecule has 10 heteroatoms. The molecule has 1 aliphatic heterocycles. The van der Waals surface area contributed by atoms with Gasteiger partial charge in [-0.1, -0.05) is 42.8 Å². The van der Waals surface area contributed by atoms with E-state index < -0.39 is 46.5 Å². The van der Waals surface area contributed by atoms with Gasteiger partial charge in [-0.2, -0.15) is 13.2 Å². The van der Waals surface area contributed by atoms with Crippen LogP contribution in [-0.4, -0.2) is 28.3 Å². The van der Waals surface area contributed by atoms with Gasteiger partial charge in [0.1, 0.15) is 5.82 Å². The number of carbonyl (C=O) groups is 2.